The summed E-state index contributed by atoms with van der Waals surface area (Å²) in [5, 5.41) is 0. The highest BCUT2D eigenvalue weighted by atomic mass is 16.5. The fourth-order valence-electron chi connectivity index (χ4n) is 4.82. The van der Waals surface area contributed by atoms with Crippen molar-refractivity contribution < 1.29 is 4.74 Å². The summed E-state index contributed by atoms with van der Waals surface area (Å²) in [6.07, 6.45) is 11.6. The fourth-order valence-corrected chi connectivity index (χ4v) is 4.82. The number of hydrogen-bond donors (Lipinski definition) is 1. The third-order valence-corrected chi connectivity index (χ3v) is 5.72. The first-order chi connectivity index (χ1) is 8.74. The van der Waals surface area contributed by atoms with Crippen molar-refractivity contribution in [3.63, 3.8) is 0 Å². The van der Waals surface area contributed by atoms with Crippen LogP contribution < -0.4 is 5.73 Å². The first-order valence-electron chi connectivity index (χ1n) is 8.11. The van der Waals surface area contributed by atoms with E-state index in [0.29, 0.717) is 12.1 Å². The first kappa shape index (κ1) is 12.9. The van der Waals surface area contributed by atoms with Crippen LogP contribution in [0.2, 0.25) is 0 Å². The Hall–Kier alpha value is -0.0800. The maximum Gasteiger partial charge on any atom is 0.0580 e. The molecule has 0 saturated heterocycles. The van der Waals surface area contributed by atoms with Gasteiger partial charge in [-0.25, -0.2) is 0 Å². The van der Waals surface area contributed by atoms with Crippen molar-refractivity contribution in [3.05, 3.63) is 0 Å². The van der Waals surface area contributed by atoms with E-state index in [1.165, 1.54) is 51.4 Å². The van der Waals surface area contributed by atoms with Gasteiger partial charge in [0.1, 0.15) is 0 Å². The summed E-state index contributed by atoms with van der Waals surface area (Å²) >= 11 is 0. The van der Waals surface area contributed by atoms with E-state index >= 15 is 0 Å². The monoisotopic (exact) mass is 251 g/mol. The van der Waals surface area contributed by atoms with Crippen LogP contribution >= 0.6 is 0 Å². The van der Waals surface area contributed by atoms with Crippen LogP contribution in [-0.4, -0.2) is 18.8 Å². The third kappa shape index (κ3) is 2.75. The van der Waals surface area contributed by atoms with Gasteiger partial charge in [0.2, 0.25) is 0 Å². The minimum absolute atomic E-state index is 0.460. The molecule has 2 nitrogen and oxygen atoms in total. The molecule has 0 aromatic rings. The quantitative estimate of drug-likeness (QED) is 0.785. The van der Waals surface area contributed by atoms with E-state index in [1.54, 1.807) is 0 Å². The number of ether oxygens (including phenoxy) is 1. The van der Waals surface area contributed by atoms with Gasteiger partial charge in [0.15, 0.2) is 0 Å². The molecular formula is C16H29NO. The highest BCUT2D eigenvalue weighted by molar-refractivity contribution is 4.92. The molecule has 2 heteroatoms. The van der Waals surface area contributed by atoms with Crippen LogP contribution in [0.3, 0.4) is 0 Å². The van der Waals surface area contributed by atoms with Gasteiger partial charge in [-0.15, -0.1) is 0 Å². The molecule has 0 radical (unpaired) electrons. The van der Waals surface area contributed by atoms with Gasteiger partial charge in [-0.2, -0.15) is 0 Å². The van der Waals surface area contributed by atoms with Crippen LogP contribution in [0.1, 0.15) is 58.3 Å². The lowest BCUT2D eigenvalue weighted by Gasteiger charge is -2.37. The van der Waals surface area contributed by atoms with E-state index in [1.807, 2.05) is 0 Å². The van der Waals surface area contributed by atoms with E-state index in [9.17, 15) is 0 Å². The average molecular weight is 251 g/mol. The molecule has 2 bridgehead atoms. The SMILES string of the molecule is CCOC1CC(CC(N)CC2CC3CCC2C3)C1. The van der Waals surface area contributed by atoms with Gasteiger partial charge in [0, 0.05) is 12.6 Å². The average Bonchev–Trinajstić information content (AvgIpc) is 2.88. The van der Waals surface area contributed by atoms with E-state index < -0.39 is 0 Å². The van der Waals surface area contributed by atoms with E-state index in [2.05, 4.69) is 6.92 Å². The number of nitrogens with two attached hydrogens (primary N) is 1. The Balaban J connectivity index is 1.34. The normalized spacial score (nSPS) is 44.0. The van der Waals surface area contributed by atoms with Crippen molar-refractivity contribution in [2.45, 2.75) is 70.4 Å². The maximum atomic E-state index is 6.37. The Morgan fingerprint density at radius 2 is 1.94 bits per heavy atom. The van der Waals surface area contributed by atoms with Crippen molar-refractivity contribution in [1.29, 1.82) is 0 Å². The standard InChI is InChI=1S/C16H29NO/c1-2-18-16-8-12(9-16)7-15(17)10-14-6-11-3-4-13(14)5-11/h11-16H,2-10,17H2,1H3. The Morgan fingerprint density at radius 1 is 1.11 bits per heavy atom. The zero-order valence-corrected chi connectivity index (χ0v) is 11.8. The van der Waals surface area contributed by atoms with Crippen LogP contribution in [0.5, 0.6) is 0 Å². The highest BCUT2D eigenvalue weighted by Crippen LogP contribution is 2.50. The summed E-state index contributed by atoms with van der Waals surface area (Å²) in [6.45, 7) is 2.96. The molecule has 3 aliphatic rings. The predicted octanol–water partition coefficient (Wildman–Crippen LogP) is 3.35. The molecule has 2 N–H and O–H groups in total. The number of hydrogen-bond acceptors (Lipinski definition) is 2. The molecule has 0 heterocycles. The predicted molar refractivity (Wildman–Crippen MR) is 74.3 cm³/mol. The molecule has 0 amide bonds. The third-order valence-electron chi connectivity index (χ3n) is 5.72. The van der Waals surface area contributed by atoms with Gasteiger partial charge in [-0.1, -0.05) is 6.42 Å². The summed E-state index contributed by atoms with van der Waals surface area (Å²) in [5.74, 6) is 3.94. The molecule has 3 aliphatic carbocycles. The molecule has 0 aromatic carbocycles. The maximum absolute atomic E-state index is 6.37. The first-order valence-corrected chi connectivity index (χ1v) is 8.11. The second kappa shape index (κ2) is 5.50. The van der Waals surface area contributed by atoms with Gasteiger partial charge in [0.05, 0.1) is 6.10 Å². The zero-order valence-electron chi connectivity index (χ0n) is 11.8. The molecule has 4 atom stereocenters. The zero-order chi connectivity index (χ0) is 12.5. The van der Waals surface area contributed by atoms with E-state index in [0.717, 1.165) is 30.3 Å². The lowest BCUT2D eigenvalue weighted by Crippen LogP contribution is -2.37. The molecule has 3 saturated carbocycles. The van der Waals surface area contributed by atoms with Gasteiger partial charge >= 0.3 is 0 Å². The highest BCUT2D eigenvalue weighted by Gasteiger charge is 2.40. The minimum atomic E-state index is 0.460. The fraction of sp³-hybridized carbons (Fsp3) is 1.00. The Kier molecular flexibility index (Phi) is 3.95. The largest absolute Gasteiger partial charge is 0.378 e. The molecule has 3 fully saturated rings. The summed E-state index contributed by atoms with van der Waals surface area (Å²) in [7, 11) is 0. The summed E-state index contributed by atoms with van der Waals surface area (Å²) in [6, 6.07) is 0.460. The summed E-state index contributed by atoms with van der Waals surface area (Å²) in [5.41, 5.74) is 6.37. The van der Waals surface area contributed by atoms with Crippen LogP contribution in [0.15, 0.2) is 0 Å². The summed E-state index contributed by atoms with van der Waals surface area (Å²) in [4.78, 5) is 0. The van der Waals surface area contributed by atoms with Crippen molar-refractivity contribution in [2.24, 2.45) is 29.4 Å². The van der Waals surface area contributed by atoms with Crippen LogP contribution in [0.4, 0.5) is 0 Å². The molecule has 104 valence electrons. The second-order valence-corrected chi connectivity index (χ2v) is 7.08. The molecular weight excluding hydrogens is 222 g/mol. The van der Waals surface area contributed by atoms with Crippen LogP contribution in [0.25, 0.3) is 0 Å². The Morgan fingerprint density at radius 3 is 2.56 bits per heavy atom. The molecule has 3 rings (SSSR count). The van der Waals surface area contributed by atoms with E-state index in [4.69, 9.17) is 10.5 Å². The smallest absolute Gasteiger partial charge is 0.0580 e. The Labute approximate surface area is 112 Å². The van der Waals surface area contributed by atoms with Crippen molar-refractivity contribution in [1.82, 2.24) is 0 Å². The number of fused-ring (bicyclic) bond motifs is 2. The van der Waals surface area contributed by atoms with Crippen molar-refractivity contribution >= 4 is 0 Å². The summed E-state index contributed by atoms with van der Waals surface area (Å²) < 4.78 is 5.62. The second-order valence-electron chi connectivity index (χ2n) is 7.08. The number of rotatable bonds is 6. The topological polar surface area (TPSA) is 35.2 Å². The molecule has 0 aromatic heterocycles. The minimum Gasteiger partial charge on any atom is -0.378 e. The lowest BCUT2D eigenvalue weighted by molar-refractivity contribution is -0.0287. The van der Waals surface area contributed by atoms with Gasteiger partial charge in [-0.05, 0) is 75.5 Å². The molecule has 0 spiro atoms. The molecule has 0 aliphatic heterocycles. The van der Waals surface area contributed by atoms with Gasteiger partial charge < -0.3 is 10.5 Å². The van der Waals surface area contributed by atoms with Crippen molar-refractivity contribution in [2.75, 3.05) is 6.61 Å². The Bertz CT molecular complexity index is 274. The van der Waals surface area contributed by atoms with E-state index in [-0.39, 0.29) is 0 Å². The van der Waals surface area contributed by atoms with Crippen LogP contribution in [-0.2, 0) is 4.74 Å². The van der Waals surface area contributed by atoms with Crippen molar-refractivity contribution in [3.8, 4) is 0 Å². The molecule has 4 unspecified atom stereocenters. The lowest BCUT2D eigenvalue weighted by atomic mass is 9.76. The van der Waals surface area contributed by atoms with Crippen LogP contribution in [0, 0.1) is 23.7 Å². The molecule has 18 heavy (non-hydrogen) atoms. The van der Waals surface area contributed by atoms with Gasteiger partial charge in [-0.3, -0.25) is 0 Å². The van der Waals surface area contributed by atoms with Gasteiger partial charge in [0.25, 0.3) is 0 Å².